The molecule has 6 heteroatoms. The van der Waals surface area contributed by atoms with E-state index < -0.39 is 15.4 Å². The van der Waals surface area contributed by atoms with Crippen molar-refractivity contribution in [1.29, 1.82) is 0 Å². The lowest BCUT2D eigenvalue weighted by molar-refractivity contribution is 0.391. The third-order valence-electron chi connectivity index (χ3n) is 4.53. The monoisotopic (exact) mass is 376 g/mol. The average Bonchev–Trinajstić information content (AvgIpc) is 3.18. The number of nitrogens with zero attached hydrogens (tertiary/aromatic N) is 2. The average molecular weight is 377 g/mol. The van der Waals surface area contributed by atoms with Gasteiger partial charge in [-0.25, -0.2) is 13.4 Å². The van der Waals surface area contributed by atoms with Gasteiger partial charge in [0.15, 0.2) is 9.84 Å². The van der Waals surface area contributed by atoms with Crippen molar-refractivity contribution in [2.75, 3.05) is 5.75 Å². The maximum absolute atomic E-state index is 12.6. The van der Waals surface area contributed by atoms with Gasteiger partial charge in [-0.1, -0.05) is 20.8 Å². The summed E-state index contributed by atoms with van der Waals surface area (Å²) < 4.78 is 27.6. The van der Waals surface area contributed by atoms with Gasteiger partial charge >= 0.3 is 0 Å². The van der Waals surface area contributed by atoms with Gasteiger partial charge in [-0.2, -0.15) is 0 Å². The van der Waals surface area contributed by atoms with E-state index in [4.69, 9.17) is 10.7 Å². The highest BCUT2D eigenvalue weighted by atomic mass is 32.2. The van der Waals surface area contributed by atoms with E-state index in [2.05, 4.69) is 25.3 Å². The fraction of sp³-hybridized carbons (Fsp3) is 0.650. The quantitative estimate of drug-likeness (QED) is 0.768. The minimum absolute atomic E-state index is 0.118. The Morgan fingerprint density at radius 3 is 2.38 bits per heavy atom. The molecule has 1 saturated carbocycles. The summed E-state index contributed by atoms with van der Waals surface area (Å²) in [6.07, 6.45) is 3.38. The molecule has 1 N–H and O–H groups in total. The molecule has 2 aromatic rings. The lowest BCUT2D eigenvalue weighted by atomic mass is 9.92. The van der Waals surface area contributed by atoms with Crippen molar-refractivity contribution in [2.45, 2.75) is 70.9 Å². The highest BCUT2D eigenvalue weighted by Crippen LogP contribution is 2.34. The molecule has 1 heterocycles. The van der Waals surface area contributed by atoms with Crippen molar-refractivity contribution in [2.24, 2.45) is 11.3 Å². The van der Waals surface area contributed by atoms with Crippen LogP contribution >= 0.6 is 0 Å². The fourth-order valence-electron chi connectivity index (χ4n) is 3.28. The molecule has 1 aliphatic rings. The van der Waals surface area contributed by atoms with Gasteiger partial charge in [-0.05, 0) is 56.2 Å². The summed E-state index contributed by atoms with van der Waals surface area (Å²) in [6.45, 7) is 10.8. The van der Waals surface area contributed by atoms with Crippen LogP contribution in [-0.4, -0.2) is 29.3 Å². The molecule has 5 nitrogen and oxygen atoms in total. The SMILES string of the molecule is CC(C)(C)Cc1nc2cc(S(=O)(=O)CC(C)(C)[NH])ccc2n1CC1CC1. The summed E-state index contributed by atoms with van der Waals surface area (Å²) >= 11 is 0. The Morgan fingerprint density at radius 1 is 1.19 bits per heavy atom. The van der Waals surface area contributed by atoms with Crippen LogP contribution in [0.25, 0.3) is 11.0 Å². The Balaban J connectivity index is 2.04. The molecule has 0 spiro atoms. The van der Waals surface area contributed by atoms with Gasteiger partial charge in [0, 0.05) is 18.5 Å². The largest absolute Gasteiger partial charge is 0.328 e. The van der Waals surface area contributed by atoms with Crippen LogP contribution in [0.15, 0.2) is 23.1 Å². The first-order valence-electron chi connectivity index (χ1n) is 9.31. The lowest BCUT2D eigenvalue weighted by Gasteiger charge is -2.18. The van der Waals surface area contributed by atoms with Crippen LogP contribution in [0.5, 0.6) is 0 Å². The Bertz CT molecular complexity index is 911. The van der Waals surface area contributed by atoms with Gasteiger partial charge in [0.05, 0.1) is 21.7 Å². The number of sulfone groups is 1. The smallest absolute Gasteiger partial charge is 0.180 e. The number of rotatable bonds is 6. The molecule has 0 saturated heterocycles. The maximum atomic E-state index is 12.6. The number of benzene rings is 1. The Morgan fingerprint density at radius 2 is 1.85 bits per heavy atom. The molecule has 1 aliphatic carbocycles. The predicted octanol–water partition coefficient (Wildman–Crippen LogP) is 3.87. The minimum Gasteiger partial charge on any atom is -0.328 e. The molecule has 1 aromatic heterocycles. The second-order valence-electron chi connectivity index (χ2n) is 9.61. The van der Waals surface area contributed by atoms with Crippen LogP contribution in [0.4, 0.5) is 0 Å². The number of hydrogen-bond acceptors (Lipinski definition) is 3. The van der Waals surface area contributed by atoms with Gasteiger partial charge in [0.2, 0.25) is 0 Å². The zero-order chi connectivity index (χ0) is 19.3. The summed E-state index contributed by atoms with van der Waals surface area (Å²) in [5.74, 6) is 1.57. The Hall–Kier alpha value is -1.40. The lowest BCUT2D eigenvalue weighted by Crippen LogP contribution is -2.31. The third kappa shape index (κ3) is 4.65. The number of fused-ring (bicyclic) bond motifs is 1. The Kier molecular flexibility index (Phi) is 4.72. The van der Waals surface area contributed by atoms with Crippen LogP contribution in [0, 0.1) is 11.3 Å². The molecule has 143 valence electrons. The first-order valence-corrected chi connectivity index (χ1v) is 11.0. The van der Waals surface area contributed by atoms with E-state index in [1.54, 1.807) is 26.0 Å². The number of nitrogens with one attached hydrogen (secondary N) is 1. The van der Waals surface area contributed by atoms with E-state index in [1.807, 2.05) is 6.07 Å². The summed E-state index contributed by atoms with van der Waals surface area (Å²) in [7, 11) is -3.50. The molecule has 1 radical (unpaired) electrons. The first-order chi connectivity index (χ1) is 11.8. The summed E-state index contributed by atoms with van der Waals surface area (Å²) in [5, 5.41) is 0. The van der Waals surface area contributed by atoms with E-state index in [0.29, 0.717) is 0 Å². The second kappa shape index (κ2) is 6.34. The van der Waals surface area contributed by atoms with Crippen molar-refractivity contribution in [3.63, 3.8) is 0 Å². The predicted molar refractivity (Wildman–Crippen MR) is 105 cm³/mol. The van der Waals surface area contributed by atoms with E-state index in [1.165, 1.54) is 12.8 Å². The first kappa shape index (κ1) is 19.4. The topological polar surface area (TPSA) is 75.8 Å². The zero-order valence-electron chi connectivity index (χ0n) is 16.5. The minimum atomic E-state index is -3.50. The molecule has 0 atom stereocenters. The standard InChI is InChI=1S/C20H30N3O2S/c1-19(2,3)11-18-22-16-10-15(26(24,25)13-20(4,5)21)8-9-17(16)23(18)12-14-6-7-14/h8-10,14,21H,6-7,11-13H2,1-5H3. The summed E-state index contributed by atoms with van der Waals surface area (Å²) in [6, 6.07) is 5.25. The second-order valence-corrected chi connectivity index (χ2v) is 11.6. The molecule has 0 bridgehead atoms. The molecule has 0 unspecified atom stereocenters. The van der Waals surface area contributed by atoms with Crippen molar-refractivity contribution in [3.05, 3.63) is 24.0 Å². The number of imidazole rings is 1. The van der Waals surface area contributed by atoms with E-state index in [9.17, 15) is 8.42 Å². The van der Waals surface area contributed by atoms with Crippen LogP contribution in [0.1, 0.15) is 53.3 Å². The molecular weight excluding hydrogens is 346 g/mol. The van der Waals surface area contributed by atoms with Crippen molar-refractivity contribution in [1.82, 2.24) is 15.3 Å². The third-order valence-corrected chi connectivity index (χ3v) is 6.61. The van der Waals surface area contributed by atoms with Crippen molar-refractivity contribution in [3.8, 4) is 0 Å². The molecule has 3 rings (SSSR count). The molecule has 0 aliphatic heterocycles. The molecule has 1 aromatic carbocycles. The van der Waals surface area contributed by atoms with Crippen LogP contribution in [0.2, 0.25) is 0 Å². The Labute approximate surface area is 156 Å². The van der Waals surface area contributed by atoms with Gasteiger partial charge < -0.3 is 4.57 Å². The van der Waals surface area contributed by atoms with Gasteiger partial charge in [0.25, 0.3) is 0 Å². The van der Waals surface area contributed by atoms with Crippen LogP contribution in [0.3, 0.4) is 0 Å². The van der Waals surface area contributed by atoms with Gasteiger partial charge in [-0.3, -0.25) is 5.73 Å². The zero-order valence-corrected chi connectivity index (χ0v) is 17.3. The highest BCUT2D eigenvalue weighted by molar-refractivity contribution is 7.91. The molecule has 1 fully saturated rings. The normalized spacial score (nSPS) is 16.4. The maximum Gasteiger partial charge on any atom is 0.180 e. The summed E-state index contributed by atoms with van der Waals surface area (Å²) in [4.78, 5) is 5.07. The number of hydrogen-bond donors (Lipinski definition) is 0. The van der Waals surface area contributed by atoms with Crippen LogP contribution < -0.4 is 5.73 Å². The van der Waals surface area contributed by atoms with E-state index in [0.717, 1.165) is 35.7 Å². The van der Waals surface area contributed by atoms with Crippen molar-refractivity contribution >= 4 is 20.9 Å². The van der Waals surface area contributed by atoms with Gasteiger partial charge in [0.1, 0.15) is 5.82 Å². The molecular formula is C20H30N3O2S. The van der Waals surface area contributed by atoms with Crippen molar-refractivity contribution < 1.29 is 8.42 Å². The van der Waals surface area contributed by atoms with E-state index >= 15 is 0 Å². The van der Waals surface area contributed by atoms with Crippen LogP contribution in [-0.2, 0) is 22.8 Å². The summed E-state index contributed by atoms with van der Waals surface area (Å²) in [5.41, 5.74) is 8.78. The molecule has 0 amide bonds. The highest BCUT2D eigenvalue weighted by Gasteiger charge is 2.28. The van der Waals surface area contributed by atoms with Gasteiger partial charge in [-0.15, -0.1) is 0 Å². The fourth-order valence-corrected chi connectivity index (χ4v) is 4.97. The van der Waals surface area contributed by atoms with E-state index in [-0.39, 0.29) is 16.1 Å². The number of aromatic nitrogens is 2. The molecule has 26 heavy (non-hydrogen) atoms.